The SMILES string of the molecule is C[C@H](NC(=O)c1cc(NC(=O)CC(C)(C)C)ccc1N1CCCCC1)c1ccccc1. The van der Waals surface area contributed by atoms with E-state index >= 15 is 0 Å². The minimum absolute atomic E-state index is 0.0396. The van der Waals surface area contributed by atoms with E-state index in [4.69, 9.17) is 0 Å². The Morgan fingerprint density at radius 3 is 2.32 bits per heavy atom. The molecule has 2 amide bonds. The van der Waals surface area contributed by atoms with Gasteiger partial charge in [0.25, 0.3) is 5.91 Å². The molecular weight excluding hydrogens is 386 g/mol. The fourth-order valence-corrected chi connectivity index (χ4v) is 3.99. The quantitative estimate of drug-likeness (QED) is 0.643. The third kappa shape index (κ3) is 6.58. The van der Waals surface area contributed by atoms with Gasteiger partial charge < -0.3 is 15.5 Å². The van der Waals surface area contributed by atoms with E-state index in [2.05, 4.69) is 15.5 Å². The van der Waals surface area contributed by atoms with Crippen molar-refractivity contribution in [1.29, 1.82) is 0 Å². The number of piperidine rings is 1. The molecular formula is C26H35N3O2. The van der Waals surface area contributed by atoms with Gasteiger partial charge in [-0.2, -0.15) is 0 Å². The fraction of sp³-hybridized carbons (Fsp3) is 0.462. The Labute approximate surface area is 186 Å². The molecule has 0 saturated carbocycles. The number of carbonyl (C=O) groups is 2. The number of rotatable bonds is 6. The van der Waals surface area contributed by atoms with Gasteiger partial charge >= 0.3 is 0 Å². The second-order valence-electron chi connectivity index (χ2n) is 9.67. The second-order valence-corrected chi connectivity index (χ2v) is 9.67. The first kappa shape index (κ1) is 22.9. The van der Waals surface area contributed by atoms with Gasteiger partial charge in [-0.05, 0) is 55.4 Å². The van der Waals surface area contributed by atoms with Crippen LogP contribution in [-0.2, 0) is 4.79 Å². The topological polar surface area (TPSA) is 61.4 Å². The van der Waals surface area contributed by atoms with Crippen LogP contribution in [0.1, 0.15) is 75.3 Å². The van der Waals surface area contributed by atoms with E-state index in [1.165, 1.54) is 6.42 Å². The van der Waals surface area contributed by atoms with Crippen LogP contribution in [0.15, 0.2) is 48.5 Å². The van der Waals surface area contributed by atoms with Crippen LogP contribution in [-0.4, -0.2) is 24.9 Å². The van der Waals surface area contributed by atoms with E-state index in [9.17, 15) is 9.59 Å². The lowest BCUT2D eigenvalue weighted by atomic mass is 9.92. The van der Waals surface area contributed by atoms with E-state index in [1.54, 1.807) is 0 Å². The third-order valence-electron chi connectivity index (χ3n) is 5.56. The summed E-state index contributed by atoms with van der Waals surface area (Å²) in [7, 11) is 0. The highest BCUT2D eigenvalue weighted by Gasteiger charge is 2.22. The van der Waals surface area contributed by atoms with Crippen molar-refractivity contribution in [2.24, 2.45) is 5.41 Å². The first-order valence-electron chi connectivity index (χ1n) is 11.3. The minimum Gasteiger partial charge on any atom is -0.371 e. The van der Waals surface area contributed by atoms with E-state index < -0.39 is 0 Å². The molecule has 1 aliphatic rings. The Morgan fingerprint density at radius 2 is 1.68 bits per heavy atom. The molecule has 0 bridgehead atoms. The summed E-state index contributed by atoms with van der Waals surface area (Å²) in [4.78, 5) is 28.0. The van der Waals surface area contributed by atoms with Crippen molar-refractivity contribution in [3.05, 3.63) is 59.7 Å². The van der Waals surface area contributed by atoms with Gasteiger partial charge in [-0.3, -0.25) is 9.59 Å². The normalized spacial score (nSPS) is 15.3. The van der Waals surface area contributed by atoms with Crippen molar-refractivity contribution in [2.75, 3.05) is 23.3 Å². The van der Waals surface area contributed by atoms with Crippen molar-refractivity contribution in [2.45, 2.75) is 59.4 Å². The van der Waals surface area contributed by atoms with Gasteiger partial charge in [0, 0.05) is 30.9 Å². The predicted molar refractivity (Wildman–Crippen MR) is 128 cm³/mol. The predicted octanol–water partition coefficient (Wildman–Crippen LogP) is 5.54. The zero-order valence-corrected chi connectivity index (χ0v) is 19.2. The molecule has 2 aromatic carbocycles. The van der Waals surface area contributed by atoms with Crippen LogP contribution in [0.2, 0.25) is 0 Å². The zero-order valence-electron chi connectivity index (χ0n) is 19.2. The van der Waals surface area contributed by atoms with E-state index in [0.717, 1.165) is 37.2 Å². The van der Waals surface area contributed by atoms with Crippen LogP contribution < -0.4 is 15.5 Å². The molecule has 0 radical (unpaired) electrons. The lowest BCUT2D eigenvalue weighted by Gasteiger charge is -2.31. The molecule has 1 atom stereocenters. The molecule has 1 aliphatic heterocycles. The largest absolute Gasteiger partial charge is 0.371 e. The van der Waals surface area contributed by atoms with Gasteiger partial charge in [-0.25, -0.2) is 0 Å². The molecule has 1 saturated heterocycles. The first-order valence-corrected chi connectivity index (χ1v) is 11.3. The van der Waals surface area contributed by atoms with Gasteiger partial charge in [-0.15, -0.1) is 0 Å². The third-order valence-corrected chi connectivity index (χ3v) is 5.56. The maximum Gasteiger partial charge on any atom is 0.253 e. The molecule has 166 valence electrons. The smallest absolute Gasteiger partial charge is 0.253 e. The lowest BCUT2D eigenvalue weighted by Crippen LogP contribution is -2.33. The van der Waals surface area contributed by atoms with Gasteiger partial charge in [-0.1, -0.05) is 51.1 Å². The average molecular weight is 422 g/mol. The Hall–Kier alpha value is -2.82. The maximum atomic E-state index is 13.3. The van der Waals surface area contributed by atoms with Crippen LogP contribution in [0, 0.1) is 5.41 Å². The molecule has 0 spiro atoms. The number of nitrogens with zero attached hydrogens (tertiary/aromatic N) is 1. The Kier molecular flexibility index (Phi) is 7.37. The number of hydrogen-bond acceptors (Lipinski definition) is 3. The van der Waals surface area contributed by atoms with Crippen molar-refractivity contribution in [3.63, 3.8) is 0 Å². The molecule has 31 heavy (non-hydrogen) atoms. The van der Waals surface area contributed by atoms with Crippen LogP contribution in [0.25, 0.3) is 0 Å². The number of hydrogen-bond donors (Lipinski definition) is 2. The van der Waals surface area contributed by atoms with Gasteiger partial charge in [0.2, 0.25) is 5.91 Å². The summed E-state index contributed by atoms with van der Waals surface area (Å²) in [6.07, 6.45) is 3.91. The molecule has 2 N–H and O–H groups in total. The summed E-state index contributed by atoms with van der Waals surface area (Å²) < 4.78 is 0. The number of amides is 2. The molecule has 0 aromatic heterocycles. The highest BCUT2D eigenvalue weighted by Crippen LogP contribution is 2.28. The van der Waals surface area contributed by atoms with Crippen LogP contribution in [0.3, 0.4) is 0 Å². The maximum absolute atomic E-state index is 13.3. The minimum atomic E-state index is -0.121. The molecule has 2 aromatic rings. The van der Waals surface area contributed by atoms with Crippen LogP contribution in [0.4, 0.5) is 11.4 Å². The molecule has 0 unspecified atom stereocenters. The van der Waals surface area contributed by atoms with Crippen molar-refractivity contribution in [1.82, 2.24) is 5.32 Å². The number of nitrogens with one attached hydrogen (secondary N) is 2. The zero-order chi connectivity index (χ0) is 22.4. The Balaban J connectivity index is 1.84. The second kappa shape index (κ2) is 9.99. The summed E-state index contributed by atoms with van der Waals surface area (Å²) in [5.41, 5.74) is 3.17. The Bertz CT molecular complexity index is 897. The van der Waals surface area contributed by atoms with E-state index in [0.29, 0.717) is 17.7 Å². The molecule has 0 aliphatic carbocycles. The van der Waals surface area contributed by atoms with Crippen molar-refractivity contribution in [3.8, 4) is 0 Å². The highest BCUT2D eigenvalue weighted by atomic mass is 16.2. The molecule has 1 heterocycles. The highest BCUT2D eigenvalue weighted by molar-refractivity contribution is 6.02. The summed E-state index contributed by atoms with van der Waals surface area (Å²) >= 11 is 0. The number of anilines is 2. The number of benzene rings is 2. The molecule has 5 nitrogen and oxygen atoms in total. The van der Waals surface area contributed by atoms with Crippen LogP contribution >= 0.6 is 0 Å². The van der Waals surface area contributed by atoms with Crippen LogP contribution in [0.5, 0.6) is 0 Å². The summed E-state index contributed by atoms with van der Waals surface area (Å²) in [6, 6.07) is 15.5. The fourth-order valence-electron chi connectivity index (χ4n) is 3.99. The average Bonchev–Trinajstić information content (AvgIpc) is 2.73. The lowest BCUT2D eigenvalue weighted by molar-refractivity contribution is -0.117. The van der Waals surface area contributed by atoms with Gasteiger partial charge in [0.1, 0.15) is 0 Å². The summed E-state index contributed by atoms with van der Waals surface area (Å²) in [5.74, 6) is -0.161. The van der Waals surface area contributed by atoms with Gasteiger partial charge in [0.05, 0.1) is 11.6 Å². The van der Waals surface area contributed by atoms with E-state index in [1.807, 2.05) is 76.2 Å². The standard InChI is InChI=1S/C26H35N3O2/c1-19(20-11-7-5-8-12-20)27-25(31)22-17-21(28-24(30)18-26(2,3)4)13-14-23(22)29-15-9-6-10-16-29/h5,7-8,11-14,17,19H,6,9-10,15-16,18H2,1-4H3,(H,27,31)(H,28,30)/t19-/m0/s1. The monoisotopic (exact) mass is 421 g/mol. The van der Waals surface area contributed by atoms with Crippen molar-refractivity contribution < 1.29 is 9.59 Å². The molecule has 3 rings (SSSR count). The molecule has 1 fully saturated rings. The summed E-state index contributed by atoms with van der Waals surface area (Å²) in [5, 5.41) is 6.10. The Morgan fingerprint density at radius 1 is 1.00 bits per heavy atom. The summed E-state index contributed by atoms with van der Waals surface area (Å²) in [6.45, 7) is 10.00. The van der Waals surface area contributed by atoms with Crippen molar-refractivity contribution >= 4 is 23.2 Å². The number of carbonyl (C=O) groups excluding carboxylic acids is 2. The molecule has 5 heteroatoms. The van der Waals surface area contributed by atoms with E-state index in [-0.39, 0.29) is 23.3 Å². The first-order chi connectivity index (χ1) is 14.7. The van der Waals surface area contributed by atoms with Gasteiger partial charge in [0.15, 0.2) is 0 Å².